The molecule has 6 aromatic carbocycles. The van der Waals surface area contributed by atoms with Crippen LogP contribution in [0.1, 0.15) is 77.6 Å². The van der Waals surface area contributed by atoms with Crippen LogP contribution in [0.4, 0.5) is 0 Å². The first kappa shape index (κ1) is 36.0. The molecule has 0 spiro atoms. The van der Waals surface area contributed by atoms with E-state index in [0.29, 0.717) is 0 Å². The SMILES string of the molecule is CC1(C)OB(c2ccc(-c3ccc4c(c3)C(c3ccccc3)(c3ccccc3)c3cc(-c5ccc(B6OC(C)(C)C(C)(C)O6)cc5)ccc3-4)cc2)OC1(C)C. The summed E-state index contributed by atoms with van der Waals surface area (Å²) in [5.74, 6) is 0. The van der Waals surface area contributed by atoms with E-state index >= 15 is 0 Å². The van der Waals surface area contributed by atoms with Gasteiger partial charge in [0.2, 0.25) is 0 Å². The lowest BCUT2D eigenvalue weighted by molar-refractivity contribution is 0.00578. The van der Waals surface area contributed by atoms with Crippen molar-refractivity contribution >= 4 is 25.2 Å². The van der Waals surface area contributed by atoms with Gasteiger partial charge in [-0.25, -0.2) is 0 Å². The van der Waals surface area contributed by atoms with Crippen LogP contribution in [0.2, 0.25) is 0 Å². The van der Waals surface area contributed by atoms with Crippen molar-refractivity contribution < 1.29 is 18.6 Å². The van der Waals surface area contributed by atoms with E-state index in [-0.39, 0.29) is 22.4 Å². The molecule has 2 saturated heterocycles. The molecule has 0 N–H and O–H groups in total. The molecule has 9 rings (SSSR count). The Hall–Kier alpha value is -4.71. The lowest BCUT2D eigenvalue weighted by Gasteiger charge is -2.34. The molecule has 55 heavy (non-hydrogen) atoms. The smallest absolute Gasteiger partial charge is 0.399 e. The quantitative estimate of drug-likeness (QED) is 0.160. The van der Waals surface area contributed by atoms with Crippen molar-refractivity contribution in [1.82, 2.24) is 0 Å². The van der Waals surface area contributed by atoms with Crippen LogP contribution < -0.4 is 10.9 Å². The Morgan fingerprint density at radius 3 is 0.982 bits per heavy atom. The third-order valence-electron chi connectivity index (χ3n) is 13.1. The van der Waals surface area contributed by atoms with Gasteiger partial charge in [-0.1, -0.05) is 133 Å². The van der Waals surface area contributed by atoms with Crippen LogP contribution in [0.3, 0.4) is 0 Å². The zero-order chi connectivity index (χ0) is 38.4. The number of hydrogen-bond acceptors (Lipinski definition) is 4. The number of hydrogen-bond donors (Lipinski definition) is 0. The van der Waals surface area contributed by atoms with Gasteiger partial charge in [-0.15, -0.1) is 0 Å². The van der Waals surface area contributed by atoms with Gasteiger partial charge in [-0.3, -0.25) is 0 Å². The second kappa shape index (κ2) is 12.7. The maximum absolute atomic E-state index is 6.37. The van der Waals surface area contributed by atoms with Gasteiger partial charge in [0.1, 0.15) is 0 Å². The second-order valence-electron chi connectivity index (χ2n) is 17.4. The summed E-state index contributed by atoms with van der Waals surface area (Å²) in [5, 5.41) is 0. The van der Waals surface area contributed by atoms with Crippen LogP contribution in [0, 0.1) is 0 Å². The van der Waals surface area contributed by atoms with Crippen LogP contribution in [-0.2, 0) is 24.0 Å². The van der Waals surface area contributed by atoms with Crippen LogP contribution in [0.15, 0.2) is 146 Å². The monoisotopic (exact) mass is 722 g/mol. The van der Waals surface area contributed by atoms with Crippen LogP contribution in [0.5, 0.6) is 0 Å². The van der Waals surface area contributed by atoms with Crippen molar-refractivity contribution in [3.63, 3.8) is 0 Å². The minimum absolute atomic E-state index is 0.388. The highest BCUT2D eigenvalue weighted by Gasteiger charge is 2.53. The molecule has 0 amide bonds. The maximum Gasteiger partial charge on any atom is 0.494 e. The summed E-state index contributed by atoms with van der Waals surface area (Å²) in [4.78, 5) is 0. The third-order valence-corrected chi connectivity index (χ3v) is 13.1. The molecular formula is C49H48B2O4. The molecule has 0 bridgehead atoms. The molecule has 6 aromatic rings. The van der Waals surface area contributed by atoms with E-state index in [1.807, 2.05) is 0 Å². The van der Waals surface area contributed by atoms with Gasteiger partial charge in [-0.05, 0) is 134 Å². The van der Waals surface area contributed by atoms with E-state index in [4.69, 9.17) is 18.6 Å². The molecule has 2 aliphatic heterocycles. The summed E-state index contributed by atoms with van der Waals surface area (Å²) in [7, 11) is -0.794. The van der Waals surface area contributed by atoms with E-state index in [9.17, 15) is 0 Å². The standard InChI is InChI=1S/C49H48B2O4/c1-45(2)46(3,4)53-50(52-45)39-25-19-33(20-26-39)35-23-29-41-42-30-24-36(34-21-27-40(28-22-34)51-54-47(5,6)48(7,8)55-51)32-44(42)49(43(41)31-35,37-15-11-9-12-16-37)38-17-13-10-14-18-38/h9-32H,1-8H3. The Morgan fingerprint density at radius 2 is 0.655 bits per heavy atom. The van der Waals surface area contributed by atoms with E-state index in [1.165, 1.54) is 44.5 Å². The Balaban J connectivity index is 1.14. The average molecular weight is 723 g/mol. The molecule has 0 radical (unpaired) electrons. The van der Waals surface area contributed by atoms with Crippen LogP contribution in [-0.4, -0.2) is 36.6 Å². The molecular weight excluding hydrogens is 674 g/mol. The fourth-order valence-electron chi connectivity index (χ4n) is 8.47. The molecule has 6 heteroatoms. The van der Waals surface area contributed by atoms with Gasteiger partial charge < -0.3 is 18.6 Å². The Bertz CT molecular complexity index is 2180. The summed E-state index contributed by atoms with van der Waals surface area (Å²) in [6.07, 6.45) is 0. The van der Waals surface area contributed by atoms with Crippen molar-refractivity contribution in [2.24, 2.45) is 0 Å². The van der Waals surface area contributed by atoms with E-state index in [1.54, 1.807) is 0 Å². The van der Waals surface area contributed by atoms with E-state index in [2.05, 4.69) is 201 Å². The molecule has 0 atom stereocenters. The van der Waals surface area contributed by atoms with Crippen LogP contribution in [0.25, 0.3) is 33.4 Å². The third kappa shape index (κ3) is 5.68. The van der Waals surface area contributed by atoms with Crippen LogP contribution >= 0.6 is 0 Å². The topological polar surface area (TPSA) is 36.9 Å². The predicted molar refractivity (Wildman–Crippen MR) is 226 cm³/mol. The molecule has 0 saturated carbocycles. The average Bonchev–Trinajstić information content (AvgIpc) is 3.69. The van der Waals surface area contributed by atoms with Crippen molar-refractivity contribution in [3.8, 4) is 33.4 Å². The first-order valence-corrected chi connectivity index (χ1v) is 19.5. The number of rotatable bonds is 6. The summed E-state index contributed by atoms with van der Waals surface area (Å²) in [5.41, 5.74) is 12.1. The summed E-state index contributed by atoms with van der Waals surface area (Å²) >= 11 is 0. The van der Waals surface area contributed by atoms with Gasteiger partial charge in [0.25, 0.3) is 0 Å². The highest BCUT2D eigenvalue weighted by molar-refractivity contribution is 6.62. The van der Waals surface area contributed by atoms with Crippen molar-refractivity contribution in [3.05, 3.63) is 168 Å². The Kier molecular flexibility index (Phi) is 8.28. The highest BCUT2D eigenvalue weighted by atomic mass is 16.7. The molecule has 0 aromatic heterocycles. The molecule has 0 unspecified atom stereocenters. The Morgan fingerprint density at radius 1 is 0.345 bits per heavy atom. The second-order valence-corrected chi connectivity index (χ2v) is 17.4. The van der Waals surface area contributed by atoms with E-state index < -0.39 is 19.7 Å². The van der Waals surface area contributed by atoms with Gasteiger partial charge in [0.15, 0.2) is 0 Å². The van der Waals surface area contributed by atoms with E-state index in [0.717, 1.165) is 22.1 Å². The fraction of sp³-hybridized carbons (Fsp3) is 0.265. The molecule has 2 fully saturated rings. The zero-order valence-electron chi connectivity index (χ0n) is 33.1. The molecule has 4 nitrogen and oxygen atoms in total. The fourth-order valence-corrected chi connectivity index (χ4v) is 8.47. The lowest BCUT2D eigenvalue weighted by Crippen LogP contribution is -2.41. The van der Waals surface area contributed by atoms with Gasteiger partial charge in [0, 0.05) is 0 Å². The van der Waals surface area contributed by atoms with Gasteiger partial charge in [0.05, 0.1) is 27.8 Å². The first-order chi connectivity index (χ1) is 26.2. The lowest BCUT2D eigenvalue weighted by atomic mass is 9.67. The Labute approximate surface area is 327 Å². The van der Waals surface area contributed by atoms with Crippen molar-refractivity contribution in [2.75, 3.05) is 0 Å². The highest BCUT2D eigenvalue weighted by Crippen LogP contribution is 2.57. The van der Waals surface area contributed by atoms with Crippen molar-refractivity contribution in [2.45, 2.75) is 83.2 Å². The molecule has 3 aliphatic rings. The summed E-state index contributed by atoms with van der Waals surface area (Å²) in [6, 6.07) is 53.3. The molecule has 1 aliphatic carbocycles. The normalized spacial score (nSPS) is 19.6. The van der Waals surface area contributed by atoms with Crippen molar-refractivity contribution in [1.29, 1.82) is 0 Å². The molecule has 274 valence electrons. The maximum atomic E-state index is 6.37. The van der Waals surface area contributed by atoms with Gasteiger partial charge >= 0.3 is 14.2 Å². The van der Waals surface area contributed by atoms with Gasteiger partial charge in [-0.2, -0.15) is 0 Å². The summed E-state index contributed by atoms with van der Waals surface area (Å²) in [6.45, 7) is 16.8. The molecule has 2 heterocycles. The predicted octanol–water partition coefficient (Wildman–Crippen LogP) is 9.98. The largest absolute Gasteiger partial charge is 0.494 e. The number of fused-ring (bicyclic) bond motifs is 3. The minimum atomic E-state index is -0.537. The zero-order valence-corrected chi connectivity index (χ0v) is 33.1. The number of benzene rings is 6. The minimum Gasteiger partial charge on any atom is -0.399 e. The summed E-state index contributed by atoms with van der Waals surface area (Å²) < 4.78 is 25.5. The first-order valence-electron chi connectivity index (χ1n) is 19.5.